The predicted octanol–water partition coefficient (Wildman–Crippen LogP) is 1.89. The number of aromatic nitrogens is 4. The number of hydrogen-bond acceptors (Lipinski definition) is 4. The first-order chi connectivity index (χ1) is 9.22. The lowest BCUT2D eigenvalue weighted by Gasteiger charge is -2.03. The van der Waals surface area contributed by atoms with Crippen LogP contribution in [0.25, 0.3) is 10.9 Å². The van der Waals surface area contributed by atoms with Crippen LogP contribution in [0.4, 0.5) is 0 Å². The lowest BCUT2D eigenvalue weighted by atomic mass is 10.1. The van der Waals surface area contributed by atoms with Gasteiger partial charge in [-0.2, -0.15) is 0 Å². The Kier molecular flexibility index (Phi) is 2.97. The molecule has 3 rings (SSSR count). The van der Waals surface area contributed by atoms with Crippen LogP contribution >= 0.6 is 0 Å². The standard InChI is InChI=1S/C14H15N5/c1-10(15)14-9-19(18-17-14)8-11-4-5-13-12(7-11)3-2-6-16-13/h2-7,9-10H,8,15H2,1H3. The van der Waals surface area contributed by atoms with Crippen LogP contribution < -0.4 is 5.73 Å². The molecule has 0 bridgehead atoms. The van der Waals surface area contributed by atoms with E-state index in [2.05, 4.69) is 33.5 Å². The summed E-state index contributed by atoms with van der Waals surface area (Å²) < 4.78 is 1.80. The molecule has 19 heavy (non-hydrogen) atoms. The fourth-order valence-corrected chi connectivity index (χ4v) is 2.01. The van der Waals surface area contributed by atoms with Gasteiger partial charge in [0.15, 0.2) is 0 Å². The molecule has 96 valence electrons. The molecule has 2 N–H and O–H groups in total. The fraction of sp³-hybridized carbons (Fsp3) is 0.214. The van der Waals surface area contributed by atoms with Gasteiger partial charge in [0.25, 0.3) is 0 Å². The van der Waals surface area contributed by atoms with Crippen LogP contribution in [0.2, 0.25) is 0 Å². The summed E-state index contributed by atoms with van der Waals surface area (Å²) in [7, 11) is 0. The van der Waals surface area contributed by atoms with Crippen molar-refractivity contribution in [3.63, 3.8) is 0 Å². The minimum absolute atomic E-state index is 0.0884. The quantitative estimate of drug-likeness (QED) is 0.774. The van der Waals surface area contributed by atoms with Crippen LogP contribution in [-0.4, -0.2) is 20.0 Å². The predicted molar refractivity (Wildman–Crippen MR) is 73.5 cm³/mol. The summed E-state index contributed by atoms with van der Waals surface area (Å²) in [6.45, 7) is 2.58. The van der Waals surface area contributed by atoms with Crippen LogP contribution in [0.5, 0.6) is 0 Å². The summed E-state index contributed by atoms with van der Waals surface area (Å²) in [4.78, 5) is 4.31. The monoisotopic (exact) mass is 253 g/mol. The number of fused-ring (bicyclic) bond motifs is 1. The van der Waals surface area contributed by atoms with E-state index >= 15 is 0 Å². The van der Waals surface area contributed by atoms with Crippen LogP contribution in [0, 0.1) is 0 Å². The van der Waals surface area contributed by atoms with Crippen LogP contribution in [0.1, 0.15) is 24.2 Å². The molecule has 2 aromatic heterocycles. The Labute approximate surface area is 111 Å². The van der Waals surface area contributed by atoms with Gasteiger partial charge in [0, 0.05) is 17.6 Å². The second-order valence-electron chi connectivity index (χ2n) is 4.66. The second kappa shape index (κ2) is 4.78. The fourth-order valence-electron chi connectivity index (χ4n) is 2.01. The van der Waals surface area contributed by atoms with Gasteiger partial charge in [-0.25, -0.2) is 4.68 Å². The topological polar surface area (TPSA) is 69.6 Å². The molecule has 0 fully saturated rings. The molecule has 0 saturated heterocycles. The van der Waals surface area contributed by atoms with Gasteiger partial charge in [0.1, 0.15) is 0 Å². The van der Waals surface area contributed by atoms with Crippen molar-refractivity contribution < 1.29 is 0 Å². The first-order valence-corrected chi connectivity index (χ1v) is 6.21. The van der Waals surface area contributed by atoms with Gasteiger partial charge in [0.05, 0.1) is 24.0 Å². The summed E-state index contributed by atoms with van der Waals surface area (Å²) in [5, 5.41) is 9.27. The highest BCUT2D eigenvalue weighted by Gasteiger charge is 2.05. The number of nitrogens with two attached hydrogens (primary N) is 1. The first-order valence-electron chi connectivity index (χ1n) is 6.21. The highest BCUT2D eigenvalue weighted by molar-refractivity contribution is 5.78. The molecule has 5 heteroatoms. The molecule has 1 unspecified atom stereocenters. The van der Waals surface area contributed by atoms with E-state index in [1.807, 2.05) is 25.3 Å². The number of benzene rings is 1. The van der Waals surface area contributed by atoms with E-state index in [9.17, 15) is 0 Å². The summed E-state index contributed by atoms with van der Waals surface area (Å²) in [5.74, 6) is 0. The summed E-state index contributed by atoms with van der Waals surface area (Å²) in [6.07, 6.45) is 3.69. The third kappa shape index (κ3) is 2.46. The normalized spacial score (nSPS) is 12.7. The zero-order valence-electron chi connectivity index (χ0n) is 10.7. The Balaban J connectivity index is 1.87. The Morgan fingerprint density at radius 3 is 3.00 bits per heavy atom. The highest BCUT2D eigenvalue weighted by Crippen LogP contribution is 2.14. The Morgan fingerprint density at radius 2 is 2.21 bits per heavy atom. The minimum atomic E-state index is -0.0884. The molecule has 5 nitrogen and oxygen atoms in total. The molecule has 2 heterocycles. The summed E-state index contributed by atoms with van der Waals surface area (Å²) >= 11 is 0. The van der Waals surface area contributed by atoms with E-state index in [-0.39, 0.29) is 6.04 Å². The SMILES string of the molecule is CC(N)c1cn(Cc2ccc3ncccc3c2)nn1. The molecule has 0 saturated carbocycles. The maximum atomic E-state index is 5.77. The van der Waals surface area contributed by atoms with Crippen molar-refractivity contribution in [1.29, 1.82) is 0 Å². The van der Waals surface area contributed by atoms with Crippen molar-refractivity contribution in [2.45, 2.75) is 19.5 Å². The molecular weight excluding hydrogens is 238 g/mol. The third-order valence-electron chi connectivity index (χ3n) is 3.03. The van der Waals surface area contributed by atoms with Gasteiger partial charge in [0.2, 0.25) is 0 Å². The third-order valence-corrected chi connectivity index (χ3v) is 3.03. The van der Waals surface area contributed by atoms with Crippen molar-refractivity contribution >= 4 is 10.9 Å². The first kappa shape index (κ1) is 11.8. The lowest BCUT2D eigenvalue weighted by molar-refractivity contribution is 0.648. The maximum absolute atomic E-state index is 5.77. The molecule has 3 aromatic rings. The molecule has 1 atom stereocenters. The molecule has 0 aliphatic carbocycles. The van der Waals surface area contributed by atoms with E-state index in [0.717, 1.165) is 16.6 Å². The van der Waals surface area contributed by atoms with E-state index in [4.69, 9.17) is 5.73 Å². The maximum Gasteiger partial charge on any atom is 0.0991 e. The molecule has 0 spiro atoms. The minimum Gasteiger partial charge on any atom is -0.323 e. The van der Waals surface area contributed by atoms with Crippen LogP contribution in [0.15, 0.2) is 42.7 Å². The van der Waals surface area contributed by atoms with Gasteiger partial charge in [-0.1, -0.05) is 17.3 Å². The highest BCUT2D eigenvalue weighted by atomic mass is 15.4. The molecular formula is C14H15N5. The van der Waals surface area contributed by atoms with Gasteiger partial charge in [-0.15, -0.1) is 5.10 Å². The van der Waals surface area contributed by atoms with E-state index in [1.165, 1.54) is 5.56 Å². The van der Waals surface area contributed by atoms with Crippen molar-refractivity contribution in [2.24, 2.45) is 5.73 Å². The van der Waals surface area contributed by atoms with Gasteiger partial charge in [-0.3, -0.25) is 4.98 Å². The van der Waals surface area contributed by atoms with Crippen LogP contribution in [0.3, 0.4) is 0 Å². The Hall–Kier alpha value is -2.27. The lowest BCUT2D eigenvalue weighted by Crippen LogP contribution is -2.05. The van der Waals surface area contributed by atoms with Crippen molar-refractivity contribution in [3.8, 4) is 0 Å². The number of nitrogens with zero attached hydrogens (tertiary/aromatic N) is 4. The van der Waals surface area contributed by atoms with Crippen LogP contribution in [-0.2, 0) is 6.54 Å². The van der Waals surface area contributed by atoms with Crippen molar-refractivity contribution in [3.05, 3.63) is 54.0 Å². The smallest absolute Gasteiger partial charge is 0.0991 e. The van der Waals surface area contributed by atoms with E-state index < -0.39 is 0 Å². The number of hydrogen-bond donors (Lipinski definition) is 1. The zero-order chi connectivity index (χ0) is 13.2. The molecule has 0 aliphatic rings. The average molecular weight is 253 g/mol. The van der Waals surface area contributed by atoms with E-state index in [1.54, 1.807) is 10.9 Å². The van der Waals surface area contributed by atoms with Gasteiger partial charge in [-0.05, 0) is 30.7 Å². The number of pyridine rings is 1. The average Bonchev–Trinajstić information content (AvgIpc) is 2.87. The Bertz CT molecular complexity index is 702. The summed E-state index contributed by atoms with van der Waals surface area (Å²) in [6, 6.07) is 10.1. The van der Waals surface area contributed by atoms with Gasteiger partial charge >= 0.3 is 0 Å². The van der Waals surface area contributed by atoms with E-state index in [0.29, 0.717) is 6.54 Å². The summed E-state index contributed by atoms with van der Waals surface area (Å²) in [5.41, 5.74) is 8.75. The number of rotatable bonds is 3. The molecule has 0 aliphatic heterocycles. The zero-order valence-corrected chi connectivity index (χ0v) is 10.7. The molecule has 0 radical (unpaired) electrons. The Morgan fingerprint density at radius 1 is 1.32 bits per heavy atom. The molecule has 1 aromatic carbocycles. The van der Waals surface area contributed by atoms with Crippen molar-refractivity contribution in [1.82, 2.24) is 20.0 Å². The second-order valence-corrected chi connectivity index (χ2v) is 4.66. The largest absolute Gasteiger partial charge is 0.323 e. The van der Waals surface area contributed by atoms with Gasteiger partial charge < -0.3 is 5.73 Å². The molecule has 0 amide bonds. The van der Waals surface area contributed by atoms with Crippen molar-refractivity contribution in [2.75, 3.05) is 0 Å².